The van der Waals surface area contributed by atoms with Crippen LogP contribution >= 0.6 is 0 Å². The predicted molar refractivity (Wildman–Crippen MR) is 125 cm³/mol. The van der Waals surface area contributed by atoms with Gasteiger partial charge in [-0.1, -0.05) is 19.9 Å². The summed E-state index contributed by atoms with van der Waals surface area (Å²) in [6, 6.07) is 5.61. The number of aliphatic imine (C=N–C) groups is 1. The molecule has 1 fully saturated rings. The summed E-state index contributed by atoms with van der Waals surface area (Å²) in [7, 11) is 1.49. The minimum atomic E-state index is -0.299. The number of rotatable bonds is 11. The lowest BCUT2D eigenvalue weighted by Gasteiger charge is -2.33. The smallest absolute Gasteiger partial charge is 0.191 e. The van der Waals surface area contributed by atoms with Gasteiger partial charge in [0.2, 0.25) is 0 Å². The fourth-order valence-corrected chi connectivity index (χ4v) is 3.94. The van der Waals surface area contributed by atoms with Crippen LogP contribution in [0.2, 0.25) is 0 Å². The second-order valence-corrected chi connectivity index (χ2v) is 8.45. The van der Waals surface area contributed by atoms with Crippen molar-refractivity contribution in [2.75, 3.05) is 39.9 Å². The maximum Gasteiger partial charge on any atom is 0.191 e. The van der Waals surface area contributed by atoms with Crippen LogP contribution in [0, 0.1) is 11.7 Å². The van der Waals surface area contributed by atoms with Crippen molar-refractivity contribution in [3.8, 4) is 5.75 Å². The molecule has 1 aliphatic rings. The Morgan fingerprint density at radius 1 is 1.26 bits per heavy atom. The zero-order valence-corrected chi connectivity index (χ0v) is 19.9. The van der Waals surface area contributed by atoms with E-state index >= 15 is 0 Å². The van der Waals surface area contributed by atoms with Gasteiger partial charge >= 0.3 is 0 Å². The van der Waals surface area contributed by atoms with Gasteiger partial charge in [-0.15, -0.1) is 0 Å². The zero-order chi connectivity index (χ0) is 22.6. The fraction of sp³-hybridized carbons (Fsp3) is 0.708. The highest BCUT2D eigenvalue weighted by Crippen LogP contribution is 2.20. The molecule has 1 heterocycles. The molecule has 0 aliphatic carbocycles. The number of nitrogens with zero attached hydrogens (tertiary/aromatic N) is 2. The van der Waals surface area contributed by atoms with Gasteiger partial charge in [-0.25, -0.2) is 4.39 Å². The number of benzene rings is 1. The van der Waals surface area contributed by atoms with Gasteiger partial charge in [0.1, 0.15) is 0 Å². The summed E-state index contributed by atoms with van der Waals surface area (Å²) in [5.74, 6) is 1.38. The molecule has 2 N–H and O–H groups in total. The van der Waals surface area contributed by atoms with Crippen LogP contribution in [-0.2, 0) is 11.3 Å². The van der Waals surface area contributed by atoms with Crippen molar-refractivity contribution in [3.05, 3.63) is 29.6 Å². The molecule has 176 valence electrons. The first-order valence-corrected chi connectivity index (χ1v) is 11.7. The number of nitrogens with one attached hydrogen (secondary N) is 2. The minimum Gasteiger partial charge on any atom is -0.494 e. The number of piperidine rings is 1. The Hall–Kier alpha value is -1.86. The molecule has 1 aromatic carbocycles. The lowest BCUT2D eigenvalue weighted by atomic mass is 10.0. The van der Waals surface area contributed by atoms with Gasteiger partial charge in [0.05, 0.1) is 13.2 Å². The van der Waals surface area contributed by atoms with Gasteiger partial charge in [0.25, 0.3) is 0 Å². The Kier molecular flexibility index (Phi) is 11.1. The van der Waals surface area contributed by atoms with Crippen LogP contribution in [0.15, 0.2) is 23.2 Å². The molecule has 0 amide bonds. The summed E-state index contributed by atoms with van der Waals surface area (Å²) < 4.78 is 24.8. The minimum absolute atomic E-state index is 0.252. The first kappa shape index (κ1) is 25.4. The second-order valence-electron chi connectivity index (χ2n) is 8.45. The molecule has 1 saturated heterocycles. The number of guanidine groups is 1. The summed E-state index contributed by atoms with van der Waals surface area (Å²) in [6.45, 7) is 13.6. The normalized spacial score (nSPS) is 17.1. The van der Waals surface area contributed by atoms with Crippen LogP contribution in [-0.4, -0.2) is 62.9 Å². The molecule has 0 aromatic heterocycles. The van der Waals surface area contributed by atoms with E-state index in [-0.39, 0.29) is 11.9 Å². The Balaban J connectivity index is 1.81. The molecule has 1 aliphatic heterocycles. The molecule has 0 spiro atoms. The van der Waals surface area contributed by atoms with Crippen molar-refractivity contribution in [3.63, 3.8) is 0 Å². The van der Waals surface area contributed by atoms with E-state index in [0.29, 0.717) is 17.7 Å². The Morgan fingerprint density at radius 2 is 2.00 bits per heavy atom. The molecular formula is C24H41FN4O2. The standard InChI is InChI=1S/C24H41FN4O2/c1-6-26-24(27-13-10-22(18(3)4)31-7-2)28-20-11-14-29(15-12-20)17-19-8-9-23(30-5)21(25)16-19/h8-9,16,18,20,22H,6-7,10-15,17H2,1-5H3,(H2,26,27,28). The molecule has 1 aromatic rings. The van der Waals surface area contributed by atoms with E-state index in [1.807, 2.05) is 13.0 Å². The van der Waals surface area contributed by atoms with Gasteiger partial charge < -0.3 is 20.1 Å². The number of ether oxygens (including phenoxy) is 2. The van der Waals surface area contributed by atoms with Gasteiger partial charge in [0.15, 0.2) is 17.5 Å². The van der Waals surface area contributed by atoms with Gasteiger partial charge in [-0.2, -0.15) is 0 Å². The summed E-state index contributed by atoms with van der Waals surface area (Å²) in [5.41, 5.74) is 0.980. The number of likely N-dealkylation sites (tertiary alicyclic amines) is 1. The van der Waals surface area contributed by atoms with E-state index in [4.69, 9.17) is 14.5 Å². The van der Waals surface area contributed by atoms with Gasteiger partial charge in [-0.3, -0.25) is 9.89 Å². The van der Waals surface area contributed by atoms with E-state index in [9.17, 15) is 4.39 Å². The molecule has 0 saturated carbocycles. The number of hydrogen-bond donors (Lipinski definition) is 2. The highest BCUT2D eigenvalue weighted by molar-refractivity contribution is 5.80. The number of hydrogen-bond acceptors (Lipinski definition) is 4. The van der Waals surface area contributed by atoms with E-state index < -0.39 is 0 Å². The average Bonchev–Trinajstić information content (AvgIpc) is 2.74. The Bertz CT molecular complexity index is 676. The van der Waals surface area contributed by atoms with Crippen molar-refractivity contribution in [1.29, 1.82) is 0 Å². The lowest BCUT2D eigenvalue weighted by molar-refractivity contribution is 0.0266. The third kappa shape index (κ3) is 8.65. The highest BCUT2D eigenvalue weighted by atomic mass is 19.1. The van der Waals surface area contributed by atoms with Crippen molar-refractivity contribution >= 4 is 5.96 Å². The zero-order valence-electron chi connectivity index (χ0n) is 19.9. The molecule has 7 heteroatoms. The largest absolute Gasteiger partial charge is 0.494 e. The summed E-state index contributed by atoms with van der Waals surface area (Å²) in [4.78, 5) is 7.15. The van der Waals surface area contributed by atoms with Crippen molar-refractivity contribution < 1.29 is 13.9 Å². The van der Waals surface area contributed by atoms with Crippen molar-refractivity contribution in [2.45, 2.75) is 65.6 Å². The van der Waals surface area contributed by atoms with E-state index in [2.05, 4.69) is 36.3 Å². The first-order valence-electron chi connectivity index (χ1n) is 11.7. The van der Waals surface area contributed by atoms with Gasteiger partial charge in [-0.05, 0) is 56.7 Å². The van der Waals surface area contributed by atoms with Crippen molar-refractivity contribution in [1.82, 2.24) is 15.5 Å². The third-order valence-electron chi connectivity index (χ3n) is 5.70. The molecular weight excluding hydrogens is 395 g/mol. The highest BCUT2D eigenvalue weighted by Gasteiger charge is 2.20. The number of methoxy groups -OCH3 is 1. The third-order valence-corrected chi connectivity index (χ3v) is 5.70. The molecule has 0 radical (unpaired) electrons. The quantitative estimate of drug-likeness (QED) is 0.408. The topological polar surface area (TPSA) is 58.1 Å². The maximum atomic E-state index is 13.9. The first-order chi connectivity index (χ1) is 15.0. The SMILES string of the molecule is CCNC(=NCCC(OCC)C(C)C)NC1CCN(Cc2ccc(OC)c(F)c2)CC1. The van der Waals surface area contributed by atoms with Crippen LogP contribution in [0.5, 0.6) is 5.75 Å². The van der Waals surface area contributed by atoms with Crippen LogP contribution in [0.4, 0.5) is 4.39 Å². The van der Waals surface area contributed by atoms with Crippen LogP contribution in [0.1, 0.15) is 52.5 Å². The molecule has 1 atom stereocenters. The van der Waals surface area contributed by atoms with E-state index in [1.54, 1.807) is 12.1 Å². The van der Waals surface area contributed by atoms with Crippen LogP contribution in [0.25, 0.3) is 0 Å². The molecule has 6 nitrogen and oxygen atoms in total. The van der Waals surface area contributed by atoms with E-state index in [1.165, 1.54) is 7.11 Å². The Labute approximate surface area is 187 Å². The monoisotopic (exact) mass is 436 g/mol. The molecule has 2 rings (SSSR count). The van der Waals surface area contributed by atoms with Crippen LogP contribution < -0.4 is 15.4 Å². The molecule has 1 unspecified atom stereocenters. The molecule has 31 heavy (non-hydrogen) atoms. The summed E-state index contributed by atoms with van der Waals surface area (Å²) in [6.07, 6.45) is 3.26. The summed E-state index contributed by atoms with van der Waals surface area (Å²) in [5, 5.41) is 6.96. The van der Waals surface area contributed by atoms with Gasteiger partial charge in [0, 0.05) is 45.4 Å². The second kappa shape index (κ2) is 13.5. The predicted octanol–water partition coefficient (Wildman–Crippen LogP) is 3.81. The Morgan fingerprint density at radius 3 is 2.58 bits per heavy atom. The lowest BCUT2D eigenvalue weighted by Crippen LogP contribution is -2.48. The average molecular weight is 437 g/mol. The molecule has 0 bridgehead atoms. The number of halogens is 1. The fourth-order valence-electron chi connectivity index (χ4n) is 3.94. The van der Waals surface area contributed by atoms with Crippen molar-refractivity contribution in [2.24, 2.45) is 10.9 Å². The summed E-state index contributed by atoms with van der Waals surface area (Å²) >= 11 is 0. The maximum absolute atomic E-state index is 13.9. The van der Waals surface area contributed by atoms with E-state index in [0.717, 1.165) is 70.1 Å². The van der Waals surface area contributed by atoms with Crippen LogP contribution in [0.3, 0.4) is 0 Å².